The minimum atomic E-state index is -0.269. The molecule has 0 aliphatic heterocycles. The highest BCUT2D eigenvalue weighted by molar-refractivity contribution is 6.31. The molecule has 1 heterocycles. The molecule has 0 aliphatic carbocycles. The predicted molar refractivity (Wildman–Crippen MR) is 106 cm³/mol. The van der Waals surface area contributed by atoms with Gasteiger partial charge in [-0.1, -0.05) is 11.6 Å². The smallest absolute Gasteiger partial charge is 0.235 e. The van der Waals surface area contributed by atoms with Crippen molar-refractivity contribution in [3.8, 4) is 22.8 Å². The van der Waals surface area contributed by atoms with Crippen molar-refractivity contribution in [1.82, 2.24) is 0 Å². The molecule has 1 aromatic heterocycles. The third kappa shape index (κ3) is 4.43. The first-order valence-electron chi connectivity index (χ1n) is 8.65. The van der Waals surface area contributed by atoms with Crippen molar-refractivity contribution in [2.75, 3.05) is 20.3 Å². The summed E-state index contributed by atoms with van der Waals surface area (Å²) in [5.74, 6) is 1.21. The van der Waals surface area contributed by atoms with E-state index in [1.54, 1.807) is 37.4 Å². The number of hydrogen-bond acceptors (Lipinski definition) is 5. The maximum absolute atomic E-state index is 13.0. The van der Waals surface area contributed by atoms with E-state index in [-0.39, 0.29) is 23.9 Å². The molecular weight excluding hydrogens is 368 g/mol. The summed E-state index contributed by atoms with van der Waals surface area (Å²) < 4.78 is 22.5. The molecule has 27 heavy (non-hydrogen) atoms. The highest BCUT2D eigenvalue weighted by atomic mass is 35.5. The maximum Gasteiger partial charge on any atom is 0.235 e. The number of ether oxygens (including phenoxy) is 3. The number of halogens is 1. The summed E-state index contributed by atoms with van der Waals surface area (Å²) in [6.07, 6.45) is 0.0847. The minimum absolute atomic E-state index is 0.0847. The number of benzene rings is 2. The van der Waals surface area contributed by atoms with Gasteiger partial charge in [0.1, 0.15) is 17.9 Å². The SMILES string of the molecule is COc1ccc(-c2oc3ccc(Cl)cc3c(=O)c2OCCOC(C)C)cc1. The van der Waals surface area contributed by atoms with E-state index in [1.165, 1.54) is 0 Å². The van der Waals surface area contributed by atoms with E-state index in [0.717, 1.165) is 0 Å². The van der Waals surface area contributed by atoms with Crippen LogP contribution < -0.4 is 14.9 Å². The summed E-state index contributed by atoms with van der Waals surface area (Å²) >= 11 is 6.04. The molecule has 2 aromatic carbocycles. The van der Waals surface area contributed by atoms with Gasteiger partial charge in [-0.3, -0.25) is 4.79 Å². The standard InChI is InChI=1S/C21H21ClO5/c1-13(2)25-10-11-26-21-19(23)17-12-15(22)6-9-18(17)27-20(21)14-4-7-16(24-3)8-5-14/h4-9,12-13H,10-11H2,1-3H3. The lowest BCUT2D eigenvalue weighted by atomic mass is 10.1. The third-order valence-corrected chi connectivity index (χ3v) is 4.18. The van der Waals surface area contributed by atoms with Gasteiger partial charge in [-0.05, 0) is 56.3 Å². The van der Waals surface area contributed by atoms with Crippen LogP contribution in [-0.2, 0) is 4.74 Å². The zero-order valence-corrected chi connectivity index (χ0v) is 16.2. The minimum Gasteiger partial charge on any atom is -0.497 e. The van der Waals surface area contributed by atoms with Crippen LogP contribution in [0.15, 0.2) is 51.7 Å². The Labute approximate surface area is 162 Å². The first-order chi connectivity index (χ1) is 13.0. The Hall–Kier alpha value is -2.50. The number of methoxy groups -OCH3 is 1. The lowest BCUT2D eigenvalue weighted by Gasteiger charge is -2.13. The van der Waals surface area contributed by atoms with E-state index < -0.39 is 0 Å². The van der Waals surface area contributed by atoms with Crippen molar-refractivity contribution in [1.29, 1.82) is 0 Å². The summed E-state index contributed by atoms with van der Waals surface area (Å²) in [6, 6.07) is 12.2. The number of rotatable bonds is 7. The Bertz CT molecular complexity index is 976. The van der Waals surface area contributed by atoms with Crippen LogP contribution in [0.3, 0.4) is 0 Å². The topological polar surface area (TPSA) is 57.9 Å². The van der Waals surface area contributed by atoms with Gasteiger partial charge in [-0.15, -0.1) is 0 Å². The van der Waals surface area contributed by atoms with Gasteiger partial charge < -0.3 is 18.6 Å². The molecule has 0 amide bonds. The predicted octanol–water partition coefficient (Wildman–Crippen LogP) is 4.93. The second-order valence-corrected chi connectivity index (χ2v) is 6.66. The molecule has 0 spiro atoms. The fourth-order valence-corrected chi connectivity index (χ4v) is 2.81. The van der Waals surface area contributed by atoms with E-state index >= 15 is 0 Å². The molecule has 5 nitrogen and oxygen atoms in total. The highest BCUT2D eigenvalue weighted by Gasteiger charge is 2.18. The van der Waals surface area contributed by atoms with Crippen molar-refractivity contribution >= 4 is 22.6 Å². The van der Waals surface area contributed by atoms with Crippen molar-refractivity contribution in [2.45, 2.75) is 20.0 Å². The second kappa shape index (κ2) is 8.46. The molecule has 0 fully saturated rings. The first-order valence-corrected chi connectivity index (χ1v) is 9.02. The summed E-state index contributed by atoms with van der Waals surface area (Å²) in [4.78, 5) is 13.0. The third-order valence-electron chi connectivity index (χ3n) is 3.94. The zero-order chi connectivity index (χ0) is 19.4. The summed E-state index contributed by atoms with van der Waals surface area (Å²) in [5, 5.41) is 0.834. The van der Waals surface area contributed by atoms with Crippen LogP contribution in [-0.4, -0.2) is 26.4 Å². The fourth-order valence-electron chi connectivity index (χ4n) is 2.64. The van der Waals surface area contributed by atoms with Crippen LogP contribution in [0.25, 0.3) is 22.3 Å². The van der Waals surface area contributed by atoms with Crippen LogP contribution in [0.4, 0.5) is 0 Å². The maximum atomic E-state index is 13.0. The van der Waals surface area contributed by atoms with Crippen molar-refractivity contribution < 1.29 is 18.6 Å². The molecule has 0 N–H and O–H groups in total. The first kappa shape index (κ1) is 19.3. The van der Waals surface area contributed by atoms with Gasteiger partial charge in [-0.2, -0.15) is 0 Å². The molecule has 0 unspecified atom stereocenters. The van der Waals surface area contributed by atoms with Gasteiger partial charge in [0.2, 0.25) is 11.2 Å². The van der Waals surface area contributed by atoms with Gasteiger partial charge in [0.25, 0.3) is 0 Å². The van der Waals surface area contributed by atoms with E-state index in [4.69, 9.17) is 30.2 Å². The van der Waals surface area contributed by atoms with Crippen LogP contribution in [0.1, 0.15) is 13.8 Å². The van der Waals surface area contributed by atoms with Gasteiger partial charge in [0.05, 0.1) is 25.2 Å². The molecule has 3 aromatic rings. The van der Waals surface area contributed by atoms with Crippen LogP contribution in [0.2, 0.25) is 5.02 Å². The molecule has 0 saturated carbocycles. The van der Waals surface area contributed by atoms with Gasteiger partial charge in [0.15, 0.2) is 5.76 Å². The molecule has 0 bridgehead atoms. The van der Waals surface area contributed by atoms with E-state index in [1.807, 2.05) is 26.0 Å². The fraction of sp³-hybridized carbons (Fsp3) is 0.286. The molecule has 0 radical (unpaired) electrons. The van der Waals surface area contributed by atoms with Crippen LogP contribution in [0, 0.1) is 0 Å². The van der Waals surface area contributed by atoms with Crippen molar-refractivity contribution in [3.05, 3.63) is 57.7 Å². The Morgan fingerprint density at radius 2 is 1.81 bits per heavy atom. The monoisotopic (exact) mass is 388 g/mol. The average Bonchev–Trinajstić information content (AvgIpc) is 2.66. The Morgan fingerprint density at radius 3 is 2.48 bits per heavy atom. The van der Waals surface area contributed by atoms with Crippen molar-refractivity contribution in [2.24, 2.45) is 0 Å². The summed E-state index contributed by atoms with van der Waals surface area (Å²) in [6.45, 7) is 4.48. The normalized spacial score (nSPS) is 11.1. The molecule has 3 rings (SSSR count). The molecule has 142 valence electrons. The molecule has 0 aliphatic rings. The van der Waals surface area contributed by atoms with E-state index in [0.29, 0.717) is 39.7 Å². The average molecular weight is 389 g/mol. The lowest BCUT2D eigenvalue weighted by Crippen LogP contribution is -2.16. The van der Waals surface area contributed by atoms with Crippen molar-refractivity contribution in [3.63, 3.8) is 0 Å². The Kier molecular flexibility index (Phi) is 6.04. The number of hydrogen-bond donors (Lipinski definition) is 0. The molecular formula is C21H21ClO5. The van der Waals surface area contributed by atoms with Crippen LogP contribution >= 0.6 is 11.6 Å². The lowest BCUT2D eigenvalue weighted by molar-refractivity contribution is 0.0549. The molecule has 6 heteroatoms. The van der Waals surface area contributed by atoms with Gasteiger partial charge in [0, 0.05) is 10.6 Å². The largest absolute Gasteiger partial charge is 0.497 e. The highest BCUT2D eigenvalue weighted by Crippen LogP contribution is 2.32. The zero-order valence-electron chi connectivity index (χ0n) is 15.5. The van der Waals surface area contributed by atoms with E-state index in [2.05, 4.69) is 0 Å². The Balaban J connectivity index is 2.06. The summed E-state index contributed by atoms with van der Waals surface area (Å²) in [7, 11) is 1.60. The number of fused-ring (bicyclic) bond motifs is 1. The quantitative estimate of drug-likeness (QED) is 0.537. The Morgan fingerprint density at radius 1 is 1.07 bits per heavy atom. The second-order valence-electron chi connectivity index (χ2n) is 6.23. The molecule has 0 atom stereocenters. The summed E-state index contributed by atoms with van der Waals surface area (Å²) in [5.41, 5.74) is 0.889. The molecule has 0 saturated heterocycles. The van der Waals surface area contributed by atoms with Gasteiger partial charge in [-0.25, -0.2) is 0 Å². The van der Waals surface area contributed by atoms with Gasteiger partial charge >= 0.3 is 0 Å². The van der Waals surface area contributed by atoms with Crippen LogP contribution in [0.5, 0.6) is 11.5 Å². The van der Waals surface area contributed by atoms with E-state index in [9.17, 15) is 4.79 Å².